The number of nitrogens with one attached hydrogen (secondary N) is 1. The second-order valence-electron chi connectivity index (χ2n) is 4.03. The molecule has 2 rings (SSSR count). The fraction of sp³-hybridized carbons (Fsp3) is 0.385. The molecule has 0 aliphatic carbocycles. The molecule has 2 aromatic rings. The van der Waals surface area contributed by atoms with Crippen molar-refractivity contribution in [2.75, 3.05) is 11.9 Å². The van der Waals surface area contributed by atoms with Crippen LogP contribution >= 0.6 is 11.3 Å². The number of nitrogens with zero attached hydrogens (tertiary/aromatic N) is 1. The maximum absolute atomic E-state index is 11.7. The van der Waals surface area contributed by atoms with Crippen molar-refractivity contribution < 1.29 is 13.9 Å². The van der Waals surface area contributed by atoms with E-state index in [-0.39, 0.29) is 12.0 Å². The summed E-state index contributed by atoms with van der Waals surface area (Å²) in [5.74, 6) is 0.445. The van der Waals surface area contributed by atoms with Crippen LogP contribution in [-0.4, -0.2) is 17.6 Å². The van der Waals surface area contributed by atoms with E-state index in [2.05, 4.69) is 10.3 Å². The van der Waals surface area contributed by atoms with Gasteiger partial charge < -0.3 is 14.5 Å². The molecule has 19 heavy (non-hydrogen) atoms. The quantitative estimate of drug-likeness (QED) is 0.850. The summed E-state index contributed by atoms with van der Waals surface area (Å²) in [6, 6.07) is 3.73. The average molecular weight is 280 g/mol. The summed E-state index contributed by atoms with van der Waals surface area (Å²) in [5, 5.41) is 3.89. The van der Waals surface area contributed by atoms with Crippen LogP contribution in [0.3, 0.4) is 0 Å². The Labute approximate surface area is 115 Å². The zero-order valence-electron chi connectivity index (χ0n) is 11.1. The third kappa shape index (κ3) is 3.14. The number of carbonyl (C=O) groups excluding carboxylic acids is 1. The molecule has 0 bridgehead atoms. The van der Waals surface area contributed by atoms with Gasteiger partial charge in [0.1, 0.15) is 5.76 Å². The van der Waals surface area contributed by atoms with E-state index in [0.717, 1.165) is 10.6 Å². The van der Waals surface area contributed by atoms with Gasteiger partial charge in [0.2, 0.25) is 0 Å². The SMILES string of the molecule is CCOC(=O)c1nc(NC(C)c2ccco2)sc1C. The van der Waals surface area contributed by atoms with Crippen molar-refractivity contribution in [3.63, 3.8) is 0 Å². The predicted octanol–water partition coefficient (Wildman–Crippen LogP) is 3.39. The Morgan fingerprint density at radius 2 is 2.42 bits per heavy atom. The topological polar surface area (TPSA) is 64.4 Å². The number of hydrogen-bond donors (Lipinski definition) is 1. The second-order valence-corrected chi connectivity index (χ2v) is 5.23. The van der Waals surface area contributed by atoms with E-state index >= 15 is 0 Å². The number of aryl methyl sites for hydroxylation is 1. The summed E-state index contributed by atoms with van der Waals surface area (Å²) >= 11 is 1.43. The van der Waals surface area contributed by atoms with Crippen LogP contribution in [-0.2, 0) is 4.74 Å². The van der Waals surface area contributed by atoms with Crippen LogP contribution < -0.4 is 5.32 Å². The molecule has 2 heterocycles. The molecular weight excluding hydrogens is 264 g/mol. The fourth-order valence-electron chi connectivity index (χ4n) is 1.64. The number of rotatable bonds is 5. The number of aromatic nitrogens is 1. The van der Waals surface area contributed by atoms with E-state index < -0.39 is 0 Å². The molecule has 0 amide bonds. The van der Waals surface area contributed by atoms with Gasteiger partial charge in [0, 0.05) is 4.88 Å². The Morgan fingerprint density at radius 1 is 1.63 bits per heavy atom. The summed E-state index contributed by atoms with van der Waals surface area (Å²) in [6.07, 6.45) is 1.63. The molecule has 0 saturated heterocycles. The van der Waals surface area contributed by atoms with Crippen LogP contribution in [0.15, 0.2) is 22.8 Å². The van der Waals surface area contributed by atoms with Crippen molar-refractivity contribution in [1.82, 2.24) is 4.98 Å². The van der Waals surface area contributed by atoms with Gasteiger partial charge in [-0.3, -0.25) is 0 Å². The molecule has 102 valence electrons. The van der Waals surface area contributed by atoms with E-state index in [1.54, 1.807) is 13.2 Å². The van der Waals surface area contributed by atoms with Gasteiger partial charge in [-0.1, -0.05) is 0 Å². The first-order valence-corrected chi connectivity index (χ1v) is 6.88. The van der Waals surface area contributed by atoms with Gasteiger partial charge in [-0.25, -0.2) is 9.78 Å². The zero-order valence-corrected chi connectivity index (χ0v) is 11.9. The number of furan rings is 1. The Balaban J connectivity index is 2.10. The lowest BCUT2D eigenvalue weighted by molar-refractivity contribution is 0.0519. The highest BCUT2D eigenvalue weighted by Crippen LogP contribution is 2.26. The van der Waals surface area contributed by atoms with E-state index in [0.29, 0.717) is 17.4 Å². The first kappa shape index (κ1) is 13.6. The molecule has 0 radical (unpaired) electrons. The van der Waals surface area contributed by atoms with Gasteiger partial charge in [0.05, 0.1) is 18.9 Å². The lowest BCUT2D eigenvalue weighted by Crippen LogP contribution is -2.08. The molecule has 1 unspecified atom stereocenters. The Bertz CT molecular complexity index is 548. The monoisotopic (exact) mass is 280 g/mol. The van der Waals surface area contributed by atoms with E-state index in [9.17, 15) is 4.79 Å². The Kier molecular flexibility index (Phi) is 4.21. The second kappa shape index (κ2) is 5.88. The lowest BCUT2D eigenvalue weighted by atomic mass is 10.3. The van der Waals surface area contributed by atoms with Gasteiger partial charge in [-0.2, -0.15) is 0 Å². The van der Waals surface area contributed by atoms with Crippen LogP contribution in [0.1, 0.15) is 41.0 Å². The Morgan fingerprint density at radius 3 is 3.05 bits per heavy atom. The summed E-state index contributed by atoms with van der Waals surface area (Å²) in [6.45, 7) is 5.95. The van der Waals surface area contributed by atoms with Crippen molar-refractivity contribution >= 4 is 22.4 Å². The summed E-state index contributed by atoms with van der Waals surface area (Å²) < 4.78 is 10.3. The highest BCUT2D eigenvalue weighted by Gasteiger charge is 2.18. The minimum atomic E-state index is -0.380. The average Bonchev–Trinajstić information content (AvgIpc) is 2.99. The standard InChI is InChI=1S/C13H16N2O3S/c1-4-17-12(16)11-9(3)19-13(15-11)14-8(2)10-6-5-7-18-10/h5-8H,4H2,1-3H3,(H,14,15). The van der Waals surface area contributed by atoms with Gasteiger partial charge in [-0.15, -0.1) is 11.3 Å². The molecule has 0 aliphatic rings. The minimum Gasteiger partial charge on any atom is -0.467 e. The van der Waals surface area contributed by atoms with Gasteiger partial charge in [0.25, 0.3) is 0 Å². The van der Waals surface area contributed by atoms with Gasteiger partial charge in [0.15, 0.2) is 10.8 Å². The van der Waals surface area contributed by atoms with E-state index in [1.807, 2.05) is 26.0 Å². The summed E-state index contributed by atoms with van der Waals surface area (Å²) in [7, 11) is 0. The predicted molar refractivity (Wildman–Crippen MR) is 73.6 cm³/mol. The zero-order chi connectivity index (χ0) is 13.8. The van der Waals surface area contributed by atoms with Crippen molar-refractivity contribution in [3.05, 3.63) is 34.7 Å². The van der Waals surface area contributed by atoms with Crippen LogP contribution in [0, 0.1) is 6.92 Å². The number of ether oxygens (including phenoxy) is 1. The van der Waals surface area contributed by atoms with Crippen molar-refractivity contribution in [1.29, 1.82) is 0 Å². The van der Waals surface area contributed by atoms with Crippen molar-refractivity contribution in [2.24, 2.45) is 0 Å². The van der Waals surface area contributed by atoms with Crippen molar-refractivity contribution in [3.8, 4) is 0 Å². The van der Waals surface area contributed by atoms with Crippen LogP contribution in [0.25, 0.3) is 0 Å². The molecule has 0 aromatic carbocycles. The first-order chi connectivity index (χ1) is 9.11. The lowest BCUT2D eigenvalue weighted by Gasteiger charge is -2.09. The summed E-state index contributed by atoms with van der Waals surface area (Å²) in [4.78, 5) is 16.8. The molecule has 1 N–H and O–H groups in total. The molecular formula is C13H16N2O3S. The molecule has 0 saturated carbocycles. The Hall–Kier alpha value is -1.82. The first-order valence-electron chi connectivity index (χ1n) is 6.06. The van der Waals surface area contributed by atoms with Crippen LogP contribution in [0.2, 0.25) is 0 Å². The molecule has 6 heteroatoms. The van der Waals surface area contributed by atoms with E-state index in [1.165, 1.54) is 11.3 Å². The molecule has 2 aromatic heterocycles. The number of hydrogen-bond acceptors (Lipinski definition) is 6. The number of anilines is 1. The molecule has 0 fully saturated rings. The maximum Gasteiger partial charge on any atom is 0.358 e. The maximum atomic E-state index is 11.7. The highest BCUT2D eigenvalue weighted by molar-refractivity contribution is 7.15. The molecule has 0 aliphatic heterocycles. The highest BCUT2D eigenvalue weighted by atomic mass is 32.1. The molecule has 0 spiro atoms. The number of carbonyl (C=O) groups is 1. The van der Waals surface area contributed by atoms with Crippen molar-refractivity contribution in [2.45, 2.75) is 26.8 Å². The number of thiazole rings is 1. The molecule has 1 atom stereocenters. The molecule has 5 nitrogen and oxygen atoms in total. The van der Waals surface area contributed by atoms with Crippen LogP contribution in [0.4, 0.5) is 5.13 Å². The minimum absolute atomic E-state index is 0.00408. The smallest absolute Gasteiger partial charge is 0.358 e. The largest absolute Gasteiger partial charge is 0.467 e. The van der Waals surface area contributed by atoms with E-state index in [4.69, 9.17) is 9.15 Å². The number of esters is 1. The third-order valence-electron chi connectivity index (χ3n) is 2.58. The fourth-order valence-corrected chi connectivity index (χ4v) is 2.53. The van der Waals surface area contributed by atoms with Gasteiger partial charge in [-0.05, 0) is 32.9 Å². The summed E-state index contributed by atoms with van der Waals surface area (Å²) in [5.41, 5.74) is 0.376. The van der Waals surface area contributed by atoms with Crippen LogP contribution in [0.5, 0.6) is 0 Å². The normalized spacial score (nSPS) is 12.2. The third-order valence-corrected chi connectivity index (χ3v) is 3.48. The van der Waals surface area contributed by atoms with Gasteiger partial charge >= 0.3 is 5.97 Å².